The summed E-state index contributed by atoms with van der Waals surface area (Å²) in [7, 11) is 0. The quantitative estimate of drug-likeness (QED) is 0.791. The van der Waals surface area contributed by atoms with Crippen molar-refractivity contribution in [2.75, 3.05) is 0 Å². The number of pyridine rings is 1. The van der Waals surface area contributed by atoms with Gasteiger partial charge in [0.15, 0.2) is 11.6 Å². The summed E-state index contributed by atoms with van der Waals surface area (Å²) in [6, 6.07) is 0. The highest BCUT2D eigenvalue weighted by Crippen LogP contribution is 2.33. The first-order chi connectivity index (χ1) is 10.7. The minimum Gasteiger partial charge on any atom is -0.494 e. The zero-order chi connectivity index (χ0) is 17.5. The number of benzene rings is 1. The van der Waals surface area contributed by atoms with E-state index in [1.807, 2.05) is 13.8 Å². The van der Waals surface area contributed by atoms with E-state index in [0.717, 1.165) is 16.8 Å². The van der Waals surface area contributed by atoms with Crippen molar-refractivity contribution in [1.82, 2.24) is 4.98 Å². The summed E-state index contributed by atoms with van der Waals surface area (Å²) in [4.78, 5) is 14.4. The SMILES string of the molecule is Cc1c(O)[nH]c(=O)c(N=Nc2c(C)c(C)c(C)c(C)c2C)c1C. The number of aromatic hydroxyl groups is 1. The van der Waals surface area contributed by atoms with Gasteiger partial charge in [0.2, 0.25) is 0 Å². The van der Waals surface area contributed by atoms with Gasteiger partial charge in [0.25, 0.3) is 5.56 Å². The highest BCUT2D eigenvalue weighted by molar-refractivity contribution is 5.61. The Labute approximate surface area is 136 Å². The summed E-state index contributed by atoms with van der Waals surface area (Å²) < 4.78 is 0. The number of aromatic nitrogens is 1. The van der Waals surface area contributed by atoms with Crippen LogP contribution in [-0.2, 0) is 0 Å². The third kappa shape index (κ3) is 2.79. The molecule has 2 rings (SSSR count). The molecule has 0 amide bonds. The summed E-state index contributed by atoms with van der Waals surface area (Å²) in [6.07, 6.45) is 0. The van der Waals surface area contributed by atoms with Gasteiger partial charge >= 0.3 is 0 Å². The van der Waals surface area contributed by atoms with Gasteiger partial charge < -0.3 is 5.11 Å². The second-order valence-corrected chi connectivity index (χ2v) is 6.07. The van der Waals surface area contributed by atoms with E-state index in [1.165, 1.54) is 16.7 Å². The summed E-state index contributed by atoms with van der Waals surface area (Å²) in [5.74, 6) is -0.124. The molecule has 0 saturated heterocycles. The van der Waals surface area contributed by atoms with Crippen molar-refractivity contribution < 1.29 is 5.11 Å². The predicted molar refractivity (Wildman–Crippen MR) is 92.5 cm³/mol. The van der Waals surface area contributed by atoms with Crippen molar-refractivity contribution in [2.45, 2.75) is 48.5 Å². The molecule has 5 nitrogen and oxygen atoms in total. The van der Waals surface area contributed by atoms with E-state index >= 15 is 0 Å². The zero-order valence-corrected chi connectivity index (χ0v) is 14.7. The molecule has 1 aromatic carbocycles. The number of nitrogens with zero attached hydrogens (tertiary/aromatic N) is 2. The van der Waals surface area contributed by atoms with Crippen LogP contribution in [0.5, 0.6) is 5.88 Å². The molecule has 2 aromatic rings. The van der Waals surface area contributed by atoms with Gasteiger partial charge in [0.1, 0.15) is 0 Å². The lowest BCUT2D eigenvalue weighted by atomic mass is 9.93. The van der Waals surface area contributed by atoms with Crippen molar-refractivity contribution in [3.63, 3.8) is 0 Å². The van der Waals surface area contributed by atoms with Crippen molar-refractivity contribution in [1.29, 1.82) is 0 Å². The van der Waals surface area contributed by atoms with E-state index in [0.29, 0.717) is 11.1 Å². The Morgan fingerprint density at radius 2 is 1.04 bits per heavy atom. The topological polar surface area (TPSA) is 77.8 Å². The van der Waals surface area contributed by atoms with Crippen LogP contribution >= 0.6 is 0 Å². The van der Waals surface area contributed by atoms with Crippen LogP contribution in [0.2, 0.25) is 0 Å². The smallest absolute Gasteiger partial charge is 0.278 e. The maximum Gasteiger partial charge on any atom is 0.278 e. The van der Waals surface area contributed by atoms with Crippen molar-refractivity contribution >= 4 is 11.4 Å². The van der Waals surface area contributed by atoms with Gasteiger partial charge in [0.05, 0.1) is 5.69 Å². The van der Waals surface area contributed by atoms with Crippen LogP contribution in [0.25, 0.3) is 0 Å². The van der Waals surface area contributed by atoms with Crippen LogP contribution in [0, 0.1) is 48.5 Å². The minimum absolute atomic E-state index is 0.124. The molecular weight excluding hydrogens is 290 g/mol. The van der Waals surface area contributed by atoms with Crippen molar-refractivity contribution in [3.05, 3.63) is 49.3 Å². The maximum absolute atomic E-state index is 12.0. The lowest BCUT2D eigenvalue weighted by molar-refractivity contribution is 0.447. The minimum atomic E-state index is -0.440. The first-order valence-corrected chi connectivity index (χ1v) is 7.57. The molecule has 0 aliphatic carbocycles. The molecule has 122 valence electrons. The normalized spacial score (nSPS) is 11.4. The van der Waals surface area contributed by atoms with Crippen LogP contribution in [0.4, 0.5) is 11.4 Å². The van der Waals surface area contributed by atoms with Gasteiger partial charge in [-0.15, -0.1) is 10.2 Å². The Kier molecular flexibility index (Phi) is 4.41. The van der Waals surface area contributed by atoms with E-state index in [4.69, 9.17) is 0 Å². The van der Waals surface area contributed by atoms with Gasteiger partial charge in [-0.1, -0.05) is 0 Å². The Bertz CT molecular complexity index is 848. The van der Waals surface area contributed by atoms with Gasteiger partial charge in [-0.25, -0.2) is 0 Å². The fraction of sp³-hybridized carbons (Fsp3) is 0.389. The molecule has 0 saturated carbocycles. The number of hydrogen-bond donors (Lipinski definition) is 2. The molecule has 0 bridgehead atoms. The molecule has 0 fully saturated rings. The number of azo groups is 1. The monoisotopic (exact) mass is 313 g/mol. The molecular formula is C18H23N3O2. The van der Waals surface area contributed by atoms with Crippen LogP contribution in [-0.4, -0.2) is 10.1 Å². The summed E-state index contributed by atoms with van der Waals surface area (Å²) in [6.45, 7) is 13.8. The highest BCUT2D eigenvalue weighted by atomic mass is 16.3. The van der Waals surface area contributed by atoms with Gasteiger partial charge in [0, 0.05) is 5.56 Å². The van der Waals surface area contributed by atoms with Gasteiger partial charge in [-0.05, 0) is 81.8 Å². The predicted octanol–water partition coefficient (Wildman–Crippen LogP) is 4.65. The molecule has 2 N–H and O–H groups in total. The van der Waals surface area contributed by atoms with Crippen LogP contribution in [0.3, 0.4) is 0 Å². The number of nitrogens with one attached hydrogen (secondary N) is 1. The average Bonchev–Trinajstić information content (AvgIpc) is 2.51. The Balaban J connectivity index is 2.64. The first kappa shape index (κ1) is 16.9. The van der Waals surface area contributed by atoms with E-state index < -0.39 is 5.56 Å². The number of rotatable bonds is 2. The lowest BCUT2D eigenvalue weighted by Gasteiger charge is -2.15. The molecule has 5 heteroatoms. The molecule has 23 heavy (non-hydrogen) atoms. The number of hydrogen-bond acceptors (Lipinski definition) is 4. The average molecular weight is 313 g/mol. The third-order valence-electron chi connectivity index (χ3n) is 4.93. The molecule has 1 aromatic heterocycles. The Hall–Kier alpha value is -2.43. The molecule has 0 spiro atoms. The van der Waals surface area contributed by atoms with Crippen LogP contribution in [0.15, 0.2) is 15.0 Å². The largest absolute Gasteiger partial charge is 0.494 e. The van der Waals surface area contributed by atoms with Gasteiger partial charge in [-0.3, -0.25) is 9.78 Å². The Morgan fingerprint density at radius 1 is 0.652 bits per heavy atom. The summed E-state index contributed by atoms with van der Waals surface area (Å²) >= 11 is 0. The molecule has 0 aliphatic rings. The first-order valence-electron chi connectivity index (χ1n) is 7.57. The number of aromatic amines is 1. The number of H-pyrrole nitrogens is 1. The molecule has 0 radical (unpaired) electrons. The summed E-state index contributed by atoms with van der Waals surface area (Å²) in [5, 5.41) is 18.2. The fourth-order valence-electron chi connectivity index (χ4n) is 2.64. The molecule has 0 unspecified atom stereocenters. The van der Waals surface area contributed by atoms with E-state index in [2.05, 4.69) is 36.0 Å². The second kappa shape index (κ2) is 5.99. The third-order valence-corrected chi connectivity index (χ3v) is 4.93. The van der Waals surface area contributed by atoms with E-state index in [-0.39, 0.29) is 11.6 Å². The van der Waals surface area contributed by atoms with E-state index in [9.17, 15) is 9.90 Å². The van der Waals surface area contributed by atoms with Crippen molar-refractivity contribution in [3.8, 4) is 5.88 Å². The van der Waals surface area contributed by atoms with Crippen LogP contribution in [0.1, 0.15) is 38.9 Å². The second-order valence-electron chi connectivity index (χ2n) is 6.07. The summed E-state index contributed by atoms with van der Waals surface area (Å²) in [5.41, 5.74) is 7.60. The lowest BCUT2D eigenvalue weighted by Crippen LogP contribution is -2.07. The van der Waals surface area contributed by atoms with Crippen molar-refractivity contribution in [2.24, 2.45) is 10.2 Å². The Morgan fingerprint density at radius 3 is 1.57 bits per heavy atom. The molecule has 0 atom stereocenters. The fourth-order valence-corrected chi connectivity index (χ4v) is 2.64. The standard InChI is InChI=1S/C18H23N3O2/c1-8-9(2)11(4)15(12(5)10(8)3)20-21-16-13(6)14(7)17(22)19-18(16)23/h1-7H3,(H2,19,22,23). The maximum atomic E-state index is 12.0. The van der Waals surface area contributed by atoms with Crippen LogP contribution < -0.4 is 5.56 Å². The van der Waals surface area contributed by atoms with E-state index in [1.54, 1.807) is 13.8 Å². The zero-order valence-electron chi connectivity index (χ0n) is 14.7. The molecule has 1 heterocycles. The highest BCUT2D eigenvalue weighted by Gasteiger charge is 2.14. The van der Waals surface area contributed by atoms with Gasteiger partial charge in [-0.2, -0.15) is 0 Å². The molecule has 0 aliphatic heterocycles.